The summed E-state index contributed by atoms with van der Waals surface area (Å²) in [5, 5.41) is 28.3. The number of nitrogens with one attached hydrogen (secondary N) is 2. The predicted molar refractivity (Wildman–Crippen MR) is 161 cm³/mol. The number of anilines is 2. The summed E-state index contributed by atoms with van der Waals surface area (Å²) < 4.78 is 11.6. The first kappa shape index (κ1) is 29.8. The summed E-state index contributed by atoms with van der Waals surface area (Å²) in [7, 11) is 0. The van der Waals surface area contributed by atoms with Gasteiger partial charge in [0.15, 0.2) is 11.5 Å². The maximum atomic E-state index is 12.5. The summed E-state index contributed by atoms with van der Waals surface area (Å²) in [5.74, 6) is 0.518. The summed E-state index contributed by atoms with van der Waals surface area (Å²) in [6.07, 6.45) is 1.30. The second-order valence-electron chi connectivity index (χ2n) is 9.54. The molecule has 0 radical (unpaired) electrons. The molecule has 0 spiro atoms. The number of ether oxygens (including phenoxy) is 2. The number of hydrogen-bond donors (Lipinski definition) is 5. The average molecular weight is 559 g/mol. The van der Waals surface area contributed by atoms with Gasteiger partial charge in [-0.25, -0.2) is 0 Å². The van der Waals surface area contributed by atoms with Gasteiger partial charge in [0.25, 0.3) is 5.91 Å². The number of nitrogens with zero attached hydrogens (tertiary/aromatic N) is 1. The van der Waals surface area contributed by atoms with E-state index in [9.17, 15) is 15.0 Å². The second-order valence-corrected chi connectivity index (χ2v) is 9.54. The number of aliphatic hydroxyl groups is 2. The molecule has 0 saturated carbocycles. The predicted octanol–water partition coefficient (Wildman–Crippen LogP) is 4.62. The van der Waals surface area contributed by atoms with Crippen molar-refractivity contribution in [2.45, 2.75) is 45.9 Å². The van der Waals surface area contributed by atoms with Crippen LogP contribution < -0.4 is 25.8 Å². The van der Waals surface area contributed by atoms with Crippen LogP contribution in [0.25, 0.3) is 10.9 Å². The molecule has 2 atom stereocenters. The van der Waals surface area contributed by atoms with Gasteiger partial charge in [-0.3, -0.25) is 9.78 Å². The fraction of sp³-hybridized carbons (Fsp3) is 0.312. The molecule has 0 aliphatic heterocycles. The van der Waals surface area contributed by atoms with Crippen LogP contribution in [0, 0.1) is 0 Å². The quantitative estimate of drug-likeness (QED) is 0.151. The first-order valence-electron chi connectivity index (χ1n) is 13.9. The van der Waals surface area contributed by atoms with Crippen molar-refractivity contribution in [2.24, 2.45) is 5.73 Å². The zero-order valence-electron chi connectivity index (χ0n) is 23.7. The Balaban J connectivity index is 1.70. The lowest BCUT2D eigenvalue weighted by atomic mass is 9.99. The lowest BCUT2D eigenvalue weighted by Gasteiger charge is -2.24. The molecule has 216 valence electrons. The van der Waals surface area contributed by atoms with Crippen LogP contribution in [0.5, 0.6) is 11.5 Å². The van der Waals surface area contributed by atoms with E-state index < -0.39 is 18.1 Å². The second kappa shape index (κ2) is 13.9. The maximum Gasteiger partial charge on any atom is 0.252 e. The number of benzene rings is 3. The topological polar surface area (TPSA) is 139 Å². The molecule has 0 fully saturated rings. The van der Waals surface area contributed by atoms with Crippen LogP contribution in [0.2, 0.25) is 0 Å². The first-order valence-corrected chi connectivity index (χ1v) is 13.9. The van der Waals surface area contributed by atoms with Gasteiger partial charge in [-0.15, -0.1) is 0 Å². The number of pyridine rings is 1. The SMILES string of the molecule is CCOc1cc2ncc(C(N)=O)c(Nc3cccc(CN[C@H](CO)[C@@H](O)c4ccccc4)c3CC)c2cc1OCC. The van der Waals surface area contributed by atoms with Gasteiger partial charge in [0.2, 0.25) is 0 Å². The number of amides is 1. The highest BCUT2D eigenvalue weighted by molar-refractivity contribution is 6.08. The molecular weight excluding hydrogens is 520 g/mol. The van der Waals surface area contributed by atoms with E-state index in [0.717, 1.165) is 22.4 Å². The fourth-order valence-corrected chi connectivity index (χ4v) is 4.93. The van der Waals surface area contributed by atoms with Gasteiger partial charge in [-0.1, -0.05) is 49.4 Å². The van der Waals surface area contributed by atoms with Gasteiger partial charge in [0.1, 0.15) is 0 Å². The van der Waals surface area contributed by atoms with Crippen molar-refractivity contribution in [2.75, 3.05) is 25.1 Å². The molecule has 1 amide bonds. The fourth-order valence-electron chi connectivity index (χ4n) is 4.93. The number of aliphatic hydroxyl groups excluding tert-OH is 2. The molecule has 1 heterocycles. The van der Waals surface area contributed by atoms with E-state index in [1.807, 2.05) is 75.4 Å². The van der Waals surface area contributed by atoms with Crippen molar-refractivity contribution in [3.63, 3.8) is 0 Å². The molecule has 0 saturated heterocycles. The molecule has 4 rings (SSSR count). The maximum absolute atomic E-state index is 12.5. The van der Waals surface area contributed by atoms with E-state index in [2.05, 4.69) is 15.6 Å². The van der Waals surface area contributed by atoms with Crippen LogP contribution >= 0.6 is 0 Å². The van der Waals surface area contributed by atoms with Crippen molar-refractivity contribution < 1.29 is 24.5 Å². The normalized spacial score (nSPS) is 12.6. The largest absolute Gasteiger partial charge is 0.490 e. The Morgan fingerprint density at radius 3 is 2.34 bits per heavy atom. The zero-order chi connectivity index (χ0) is 29.4. The Morgan fingerprint density at radius 1 is 1.00 bits per heavy atom. The number of hydrogen-bond acceptors (Lipinski definition) is 8. The van der Waals surface area contributed by atoms with Crippen LogP contribution in [0.1, 0.15) is 53.9 Å². The van der Waals surface area contributed by atoms with E-state index in [-0.39, 0.29) is 12.2 Å². The third kappa shape index (κ3) is 6.77. The smallest absolute Gasteiger partial charge is 0.252 e. The molecule has 41 heavy (non-hydrogen) atoms. The summed E-state index contributed by atoms with van der Waals surface area (Å²) in [5.41, 5.74) is 10.7. The number of carbonyl (C=O) groups is 1. The molecular formula is C32H38N4O5. The molecule has 4 aromatic rings. The van der Waals surface area contributed by atoms with Crippen LogP contribution in [0.3, 0.4) is 0 Å². The monoisotopic (exact) mass is 558 g/mol. The van der Waals surface area contributed by atoms with Gasteiger partial charge in [-0.05, 0) is 49.1 Å². The van der Waals surface area contributed by atoms with Gasteiger partial charge in [0.05, 0.1) is 48.7 Å². The average Bonchev–Trinajstić information content (AvgIpc) is 2.98. The Hall–Kier alpha value is -4.18. The first-order chi connectivity index (χ1) is 19.9. The number of fused-ring (bicyclic) bond motifs is 1. The summed E-state index contributed by atoms with van der Waals surface area (Å²) in [4.78, 5) is 17.0. The van der Waals surface area contributed by atoms with E-state index in [0.29, 0.717) is 54.3 Å². The molecule has 0 bridgehead atoms. The van der Waals surface area contributed by atoms with E-state index in [1.54, 1.807) is 6.07 Å². The van der Waals surface area contributed by atoms with Gasteiger partial charge < -0.3 is 36.1 Å². The number of carbonyl (C=O) groups excluding carboxylic acids is 1. The van der Waals surface area contributed by atoms with Crippen LogP contribution in [0.15, 0.2) is 66.9 Å². The number of nitrogens with two attached hydrogens (primary N) is 1. The number of rotatable bonds is 14. The van der Waals surface area contributed by atoms with E-state index >= 15 is 0 Å². The zero-order valence-corrected chi connectivity index (χ0v) is 23.7. The standard InChI is InChI=1S/C32H38N4O5/c1-4-22-21(17-34-27(19-37)31(38)20-11-8-7-9-12-20)13-10-14-25(22)36-30-23-15-28(40-5-2)29(41-6-3)16-26(23)35-18-24(30)32(33)39/h7-16,18,27,31,34,37-38H,4-6,17,19H2,1-3H3,(H2,33,39)(H,35,36)/t27-,31+/m1/s1. The Morgan fingerprint density at radius 2 is 1.71 bits per heavy atom. The number of primary amides is 1. The van der Waals surface area contributed by atoms with Gasteiger partial charge in [-0.2, -0.15) is 0 Å². The van der Waals surface area contributed by atoms with Crippen molar-refractivity contribution in [3.05, 3.63) is 89.1 Å². The highest BCUT2D eigenvalue weighted by Crippen LogP contribution is 2.38. The minimum Gasteiger partial charge on any atom is -0.490 e. The third-order valence-corrected chi connectivity index (χ3v) is 6.96. The molecule has 0 aliphatic carbocycles. The Bertz CT molecular complexity index is 1480. The molecule has 0 aliphatic rings. The summed E-state index contributed by atoms with van der Waals surface area (Å²) in [6.45, 7) is 6.94. The van der Waals surface area contributed by atoms with Crippen LogP contribution in [-0.4, -0.2) is 47.0 Å². The Labute approximate surface area is 240 Å². The summed E-state index contributed by atoms with van der Waals surface area (Å²) in [6, 6.07) is 18.2. The minimum atomic E-state index is -0.866. The van der Waals surface area contributed by atoms with Crippen molar-refractivity contribution in [1.29, 1.82) is 0 Å². The third-order valence-electron chi connectivity index (χ3n) is 6.96. The molecule has 6 N–H and O–H groups in total. The van der Waals surface area contributed by atoms with E-state index in [4.69, 9.17) is 15.2 Å². The number of aromatic nitrogens is 1. The highest BCUT2D eigenvalue weighted by Gasteiger charge is 2.21. The molecule has 1 aromatic heterocycles. The van der Waals surface area contributed by atoms with Crippen LogP contribution in [0.4, 0.5) is 11.4 Å². The molecule has 0 unspecified atom stereocenters. The molecule has 3 aromatic carbocycles. The van der Waals surface area contributed by atoms with Gasteiger partial charge in [0, 0.05) is 29.9 Å². The lowest BCUT2D eigenvalue weighted by Crippen LogP contribution is -2.37. The van der Waals surface area contributed by atoms with E-state index in [1.165, 1.54) is 6.20 Å². The molecule has 9 nitrogen and oxygen atoms in total. The van der Waals surface area contributed by atoms with Crippen molar-refractivity contribution in [1.82, 2.24) is 10.3 Å². The molecule has 9 heteroatoms. The highest BCUT2D eigenvalue weighted by atomic mass is 16.5. The van der Waals surface area contributed by atoms with Crippen LogP contribution in [-0.2, 0) is 13.0 Å². The summed E-state index contributed by atoms with van der Waals surface area (Å²) >= 11 is 0. The lowest BCUT2D eigenvalue weighted by molar-refractivity contribution is 0.0891. The minimum absolute atomic E-state index is 0.230. The van der Waals surface area contributed by atoms with Gasteiger partial charge >= 0.3 is 0 Å². The van der Waals surface area contributed by atoms with Crippen molar-refractivity contribution in [3.8, 4) is 11.5 Å². The Kier molecular flexibility index (Phi) is 10.1. The van der Waals surface area contributed by atoms with Crippen molar-refractivity contribution >= 4 is 28.2 Å².